The normalized spacial score (nSPS) is 22.0. The van der Waals surface area contributed by atoms with E-state index in [0.29, 0.717) is 6.04 Å². The monoisotopic (exact) mass is 119 g/mol. The molecule has 1 unspecified atom stereocenters. The zero-order chi connectivity index (χ0) is 6.10. The number of rotatable bonds is 1. The molecule has 0 saturated carbocycles. The quantitative estimate of drug-likeness (QED) is 0.495. The fraction of sp³-hybridized carbons (Fsp3) is 0.333. The predicted molar refractivity (Wildman–Crippen MR) is 31.5 cm³/mol. The highest BCUT2D eigenvalue weighted by molar-refractivity contribution is 5.19. The van der Waals surface area contributed by atoms with E-state index in [2.05, 4.69) is 22.2 Å². The fourth-order valence-corrected chi connectivity index (χ4v) is 0.737. The maximum absolute atomic E-state index is 3.80. The van der Waals surface area contributed by atoms with E-state index in [1.54, 1.807) is 10.9 Å². The SMILES string of the molecule is C1#CC(n2ccnn2)C1. The molecule has 0 aliphatic heterocycles. The predicted octanol–water partition coefficient (Wildman–Crippen LogP) is 0.226. The molecule has 0 aromatic carbocycles. The summed E-state index contributed by atoms with van der Waals surface area (Å²) in [6, 6.07) is 0.299. The Labute approximate surface area is 52.7 Å². The summed E-state index contributed by atoms with van der Waals surface area (Å²) in [5, 5.41) is 7.47. The van der Waals surface area contributed by atoms with Crippen molar-refractivity contribution in [1.29, 1.82) is 0 Å². The Morgan fingerprint density at radius 1 is 1.67 bits per heavy atom. The van der Waals surface area contributed by atoms with Crippen molar-refractivity contribution < 1.29 is 0 Å². The lowest BCUT2D eigenvalue weighted by molar-refractivity contribution is 0.526. The topological polar surface area (TPSA) is 30.7 Å². The molecule has 0 saturated heterocycles. The molecule has 0 spiro atoms. The molecule has 1 aliphatic rings. The van der Waals surface area contributed by atoms with Crippen LogP contribution in [0.2, 0.25) is 0 Å². The largest absolute Gasteiger partial charge is 0.237 e. The van der Waals surface area contributed by atoms with Gasteiger partial charge in [-0.3, -0.25) is 0 Å². The minimum Gasteiger partial charge on any atom is -0.237 e. The molecule has 0 fully saturated rings. The first kappa shape index (κ1) is 4.57. The van der Waals surface area contributed by atoms with Crippen LogP contribution in [0.1, 0.15) is 12.5 Å². The summed E-state index contributed by atoms with van der Waals surface area (Å²) >= 11 is 0. The highest BCUT2D eigenvalue weighted by Gasteiger charge is 2.10. The molecule has 1 aromatic heterocycles. The van der Waals surface area contributed by atoms with E-state index in [4.69, 9.17) is 0 Å². The molecule has 1 aliphatic carbocycles. The van der Waals surface area contributed by atoms with Crippen LogP contribution in [-0.4, -0.2) is 15.0 Å². The molecule has 2 rings (SSSR count). The summed E-state index contributed by atoms with van der Waals surface area (Å²) in [5.41, 5.74) is 0. The highest BCUT2D eigenvalue weighted by Crippen LogP contribution is 2.12. The summed E-state index contributed by atoms with van der Waals surface area (Å²) in [7, 11) is 0. The molecular formula is C6H5N3. The summed E-state index contributed by atoms with van der Waals surface area (Å²) < 4.78 is 1.77. The Morgan fingerprint density at radius 2 is 2.56 bits per heavy atom. The van der Waals surface area contributed by atoms with Gasteiger partial charge >= 0.3 is 0 Å². The molecule has 0 N–H and O–H groups in total. The van der Waals surface area contributed by atoms with Gasteiger partial charge in [0.25, 0.3) is 0 Å². The summed E-state index contributed by atoms with van der Waals surface area (Å²) in [4.78, 5) is 0. The molecule has 1 aromatic rings. The molecule has 1 atom stereocenters. The van der Waals surface area contributed by atoms with E-state index in [-0.39, 0.29) is 0 Å². The van der Waals surface area contributed by atoms with Gasteiger partial charge in [-0.1, -0.05) is 17.1 Å². The average Bonchev–Trinajstić information content (AvgIpc) is 2.11. The lowest BCUT2D eigenvalue weighted by Gasteiger charge is -2.11. The van der Waals surface area contributed by atoms with Gasteiger partial charge in [0.05, 0.1) is 6.20 Å². The average molecular weight is 119 g/mol. The van der Waals surface area contributed by atoms with Crippen molar-refractivity contribution in [3.05, 3.63) is 12.4 Å². The molecular weight excluding hydrogens is 114 g/mol. The van der Waals surface area contributed by atoms with E-state index in [1.807, 2.05) is 6.20 Å². The molecule has 9 heavy (non-hydrogen) atoms. The second kappa shape index (κ2) is 1.59. The Bertz CT molecular complexity index is 252. The first-order valence-electron chi connectivity index (χ1n) is 2.81. The Morgan fingerprint density at radius 3 is 3.00 bits per heavy atom. The Balaban J connectivity index is 2.29. The second-order valence-corrected chi connectivity index (χ2v) is 1.92. The second-order valence-electron chi connectivity index (χ2n) is 1.92. The maximum Gasteiger partial charge on any atom is 0.125 e. The molecule has 0 amide bonds. The number of hydrogen-bond acceptors (Lipinski definition) is 2. The molecule has 44 valence electrons. The Kier molecular flexibility index (Phi) is 0.807. The zero-order valence-corrected chi connectivity index (χ0v) is 4.78. The van der Waals surface area contributed by atoms with Gasteiger partial charge in [-0.15, -0.1) is 5.10 Å². The van der Waals surface area contributed by atoms with E-state index < -0.39 is 0 Å². The van der Waals surface area contributed by atoms with Gasteiger partial charge in [0.15, 0.2) is 0 Å². The first-order valence-corrected chi connectivity index (χ1v) is 2.81. The van der Waals surface area contributed by atoms with Crippen molar-refractivity contribution in [2.24, 2.45) is 0 Å². The van der Waals surface area contributed by atoms with Gasteiger partial charge in [0, 0.05) is 12.6 Å². The maximum atomic E-state index is 3.80. The molecule has 1 heterocycles. The smallest absolute Gasteiger partial charge is 0.125 e. The first-order chi connectivity index (χ1) is 4.47. The van der Waals surface area contributed by atoms with Crippen LogP contribution in [0, 0.1) is 11.8 Å². The van der Waals surface area contributed by atoms with E-state index >= 15 is 0 Å². The van der Waals surface area contributed by atoms with Crippen LogP contribution >= 0.6 is 0 Å². The van der Waals surface area contributed by atoms with Crippen LogP contribution in [0.5, 0.6) is 0 Å². The standard InChI is InChI=1S/C6H5N3/c1-2-6(3-1)9-5-4-7-8-9/h4-6H,2H2. The van der Waals surface area contributed by atoms with Crippen molar-refractivity contribution in [3.63, 3.8) is 0 Å². The van der Waals surface area contributed by atoms with E-state index in [1.165, 1.54) is 0 Å². The third-order valence-electron chi connectivity index (χ3n) is 1.32. The number of hydrogen-bond donors (Lipinski definition) is 0. The van der Waals surface area contributed by atoms with Gasteiger partial charge in [-0.25, -0.2) is 4.68 Å². The minimum absolute atomic E-state index is 0.299. The third kappa shape index (κ3) is 0.600. The molecule has 0 radical (unpaired) electrons. The highest BCUT2D eigenvalue weighted by atomic mass is 15.4. The van der Waals surface area contributed by atoms with Gasteiger partial charge in [-0.2, -0.15) is 0 Å². The minimum atomic E-state index is 0.299. The van der Waals surface area contributed by atoms with Crippen molar-refractivity contribution >= 4 is 0 Å². The molecule has 0 bridgehead atoms. The van der Waals surface area contributed by atoms with Gasteiger partial charge < -0.3 is 0 Å². The van der Waals surface area contributed by atoms with Crippen LogP contribution in [-0.2, 0) is 0 Å². The van der Waals surface area contributed by atoms with Crippen LogP contribution in [0.4, 0.5) is 0 Å². The molecule has 3 heteroatoms. The summed E-state index contributed by atoms with van der Waals surface area (Å²) in [6.07, 6.45) is 4.42. The van der Waals surface area contributed by atoms with Gasteiger partial charge in [0.2, 0.25) is 0 Å². The van der Waals surface area contributed by atoms with Gasteiger partial charge in [0.1, 0.15) is 6.04 Å². The Hall–Kier alpha value is -1.30. The van der Waals surface area contributed by atoms with Crippen molar-refractivity contribution in [2.45, 2.75) is 12.5 Å². The van der Waals surface area contributed by atoms with Crippen molar-refractivity contribution in [2.75, 3.05) is 0 Å². The van der Waals surface area contributed by atoms with Crippen LogP contribution in [0.15, 0.2) is 12.4 Å². The van der Waals surface area contributed by atoms with Crippen molar-refractivity contribution in [1.82, 2.24) is 15.0 Å². The van der Waals surface area contributed by atoms with Crippen LogP contribution in [0.25, 0.3) is 0 Å². The molecule has 3 nitrogen and oxygen atoms in total. The van der Waals surface area contributed by atoms with E-state index in [9.17, 15) is 0 Å². The third-order valence-corrected chi connectivity index (χ3v) is 1.32. The number of nitrogens with zero attached hydrogens (tertiary/aromatic N) is 3. The number of aromatic nitrogens is 3. The summed E-state index contributed by atoms with van der Waals surface area (Å²) in [5.74, 6) is 5.87. The zero-order valence-electron chi connectivity index (χ0n) is 4.78. The van der Waals surface area contributed by atoms with Crippen LogP contribution < -0.4 is 0 Å². The van der Waals surface area contributed by atoms with Crippen molar-refractivity contribution in [3.8, 4) is 11.8 Å². The fourth-order valence-electron chi connectivity index (χ4n) is 0.737. The summed E-state index contributed by atoms with van der Waals surface area (Å²) in [6.45, 7) is 0. The lowest BCUT2D eigenvalue weighted by Crippen LogP contribution is -2.11. The lowest BCUT2D eigenvalue weighted by atomic mass is 10.1. The van der Waals surface area contributed by atoms with E-state index in [0.717, 1.165) is 6.42 Å². The van der Waals surface area contributed by atoms with Gasteiger partial charge in [-0.05, 0) is 0 Å². The van der Waals surface area contributed by atoms with Crippen LogP contribution in [0.3, 0.4) is 0 Å².